The standard InChI is InChI=1S/C14H19FN2O2/c15-12-6-8-16-9-7-13(12)17-14(18)19-10-11-4-2-1-3-5-11/h1-5,12-13,16H,6-10H2,(H,17,18)/t12-,13-/m0/s1. The molecule has 104 valence electrons. The summed E-state index contributed by atoms with van der Waals surface area (Å²) >= 11 is 0. The Balaban J connectivity index is 1.77. The molecule has 0 radical (unpaired) electrons. The summed E-state index contributed by atoms with van der Waals surface area (Å²) in [5, 5.41) is 5.71. The van der Waals surface area contributed by atoms with Crippen LogP contribution in [0.1, 0.15) is 18.4 Å². The number of nitrogens with one attached hydrogen (secondary N) is 2. The van der Waals surface area contributed by atoms with Crippen LogP contribution in [0.25, 0.3) is 0 Å². The second kappa shape index (κ2) is 7.09. The van der Waals surface area contributed by atoms with Crippen molar-refractivity contribution in [2.24, 2.45) is 0 Å². The van der Waals surface area contributed by atoms with Crippen LogP contribution in [-0.4, -0.2) is 31.4 Å². The molecular weight excluding hydrogens is 247 g/mol. The van der Waals surface area contributed by atoms with E-state index in [1.54, 1.807) is 0 Å². The van der Waals surface area contributed by atoms with E-state index in [1.807, 2.05) is 30.3 Å². The zero-order chi connectivity index (χ0) is 13.5. The van der Waals surface area contributed by atoms with Crippen molar-refractivity contribution in [3.63, 3.8) is 0 Å². The molecule has 1 amide bonds. The van der Waals surface area contributed by atoms with Crippen molar-refractivity contribution in [3.8, 4) is 0 Å². The number of carbonyl (C=O) groups is 1. The summed E-state index contributed by atoms with van der Waals surface area (Å²) < 4.78 is 18.8. The third kappa shape index (κ3) is 4.52. The highest BCUT2D eigenvalue weighted by Gasteiger charge is 2.25. The molecule has 19 heavy (non-hydrogen) atoms. The summed E-state index contributed by atoms with van der Waals surface area (Å²) in [5.41, 5.74) is 0.914. The Hall–Kier alpha value is -1.62. The molecule has 4 nitrogen and oxygen atoms in total. The molecule has 0 aliphatic carbocycles. The molecule has 1 aromatic rings. The highest BCUT2D eigenvalue weighted by Crippen LogP contribution is 2.11. The van der Waals surface area contributed by atoms with Crippen LogP contribution < -0.4 is 10.6 Å². The van der Waals surface area contributed by atoms with Crippen molar-refractivity contribution in [2.45, 2.75) is 31.7 Å². The molecule has 1 aliphatic heterocycles. The fourth-order valence-corrected chi connectivity index (χ4v) is 2.08. The number of amides is 1. The summed E-state index contributed by atoms with van der Waals surface area (Å²) in [7, 11) is 0. The molecule has 0 aromatic heterocycles. The van der Waals surface area contributed by atoms with Crippen LogP contribution in [0.2, 0.25) is 0 Å². The third-order valence-corrected chi connectivity index (χ3v) is 3.18. The van der Waals surface area contributed by atoms with Gasteiger partial charge in [-0.1, -0.05) is 30.3 Å². The van der Waals surface area contributed by atoms with Gasteiger partial charge >= 0.3 is 6.09 Å². The van der Waals surface area contributed by atoms with Gasteiger partial charge in [0.25, 0.3) is 0 Å². The first-order valence-corrected chi connectivity index (χ1v) is 6.57. The van der Waals surface area contributed by atoms with Gasteiger partial charge in [0, 0.05) is 0 Å². The average molecular weight is 266 g/mol. The van der Waals surface area contributed by atoms with E-state index in [-0.39, 0.29) is 6.61 Å². The molecule has 0 spiro atoms. The number of alkyl carbamates (subject to hydrolysis) is 1. The van der Waals surface area contributed by atoms with Crippen LogP contribution in [-0.2, 0) is 11.3 Å². The van der Waals surface area contributed by atoms with E-state index in [4.69, 9.17) is 4.74 Å². The smallest absolute Gasteiger partial charge is 0.407 e. The second-order valence-electron chi connectivity index (χ2n) is 4.66. The van der Waals surface area contributed by atoms with Crippen LogP contribution in [0, 0.1) is 0 Å². The van der Waals surface area contributed by atoms with Gasteiger partial charge < -0.3 is 15.4 Å². The van der Waals surface area contributed by atoms with Crippen molar-refractivity contribution < 1.29 is 13.9 Å². The fourth-order valence-electron chi connectivity index (χ4n) is 2.08. The third-order valence-electron chi connectivity index (χ3n) is 3.18. The Morgan fingerprint density at radius 3 is 2.84 bits per heavy atom. The van der Waals surface area contributed by atoms with Crippen LogP contribution in [0.5, 0.6) is 0 Å². The van der Waals surface area contributed by atoms with Crippen LogP contribution >= 0.6 is 0 Å². The molecular formula is C14H19FN2O2. The minimum atomic E-state index is -1.01. The first kappa shape index (κ1) is 13.8. The number of hydrogen-bond donors (Lipinski definition) is 2. The largest absolute Gasteiger partial charge is 0.445 e. The van der Waals surface area contributed by atoms with Crippen molar-refractivity contribution in [1.29, 1.82) is 0 Å². The molecule has 1 aromatic carbocycles. The van der Waals surface area contributed by atoms with E-state index in [9.17, 15) is 9.18 Å². The lowest BCUT2D eigenvalue weighted by molar-refractivity contribution is 0.126. The van der Waals surface area contributed by atoms with Crippen molar-refractivity contribution >= 4 is 6.09 Å². The van der Waals surface area contributed by atoms with Gasteiger partial charge in [0.1, 0.15) is 12.8 Å². The normalized spacial score (nSPS) is 23.4. The molecule has 0 saturated carbocycles. The van der Waals surface area contributed by atoms with Crippen LogP contribution in [0.3, 0.4) is 0 Å². The van der Waals surface area contributed by atoms with Crippen LogP contribution in [0.4, 0.5) is 9.18 Å². The molecule has 5 heteroatoms. The monoisotopic (exact) mass is 266 g/mol. The first-order valence-electron chi connectivity index (χ1n) is 6.57. The zero-order valence-electron chi connectivity index (χ0n) is 10.8. The number of hydrogen-bond acceptors (Lipinski definition) is 3. The number of ether oxygens (including phenoxy) is 1. The molecule has 0 bridgehead atoms. The highest BCUT2D eigenvalue weighted by molar-refractivity contribution is 5.67. The molecule has 0 unspecified atom stereocenters. The predicted molar refractivity (Wildman–Crippen MR) is 70.6 cm³/mol. The molecule has 2 rings (SSSR count). The maximum atomic E-state index is 13.7. The van der Waals surface area contributed by atoms with Gasteiger partial charge in [-0.3, -0.25) is 0 Å². The van der Waals surface area contributed by atoms with Gasteiger partial charge in [0.2, 0.25) is 0 Å². The summed E-state index contributed by atoms with van der Waals surface area (Å²) in [6.07, 6.45) is -0.566. The number of alkyl halides is 1. The number of benzene rings is 1. The molecule has 1 aliphatic rings. The van der Waals surface area contributed by atoms with Crippen LogP contribution in [0.15, 0.2) is 30.3 Å². The molecule has 1 saturated heterocycles. The van der Waals surface area contributed by atoms with Crippen molar-refractivity contribution in [1.82, 2.24) is 10.6 Å². The lowest BCUT2D eigenvalue weighted by atomic mass is 10.1. The lowest BCUT2D eigenvalue weighted by Crippen LogP contribution is -2.41. The number of carbonyl (C=O) groups excluding carboxylic acids is 1. The van der Waals surface area contributed by atoms with Gasteiger partial charge in [0.05, 0.1) is 6.04 Å². The van der Waals surface area contributed by atoms with Gasteiger partial charge in [-0.25, -0.2) is 9.18 Å². The van der Waals surface area contributed by atoms with Crippen molar-refractivity contribution in [2.75, 3.05) is 13.1 Å². The summed E-state index contributed by atoms with van der Waals surface area (Å²) in [6.45, 7) is 1.57. The highest BCUT2D eigenvalue weighted by atomic mass is 19.1. The van der Waals surface area contributed by atoms with E-state index in [1.165, 1.54) is 0 Å². The van der Waals surface area contributed by atoms with E-state index < -0.39 is 18.3 Å². The number of halogens is 1. The molecule has 1 fully saturated rings. The Morgan fingerprint density at radius 1 is 1.32 bits per heavy atom. The van der Waals surface area contributed by atoms with E-state index in [0.29, 0.717) is 25.9 Å². The molecule has 2 atom stereocenters. The maximum Gasteiger partial charge on any atom is 0.407 e. The fraction of sp³-hybridized carbons (Fsp3) is 0.500. The Morgan fingerprint density at radius 2 is 2.05 bits per heavy atom. The molecule has 1 heterocycles. The Bertz CT molecular complexity index is 400. The van der Waals surface area contributed by atoms with E-state index in [2.05, 4.69) is 10.6 Å². The maximum absolute atomic E-state index is 13.7. The van der Waals surface area contributed by atoms with Gasteiger partial charge in [0.15, 0.2) is 0 Å². The van der Waals surface area contributed by atoms with E-state index in [0.717, 1.165) is 5.56 Å². The topological polar surface area (TPSA) is 50.4 Å². The predicted octanol–water partition coefficient (Wildman–Crippen LogP) is 2.00. The first-order chi connectivity index (χ1) is 9.25. The number of rotatable bonds is 3. The quantitative estimate of drug-likeness (QED) is 0.880. The summed E-state index contributed by atoms with van der Waals surface area (Å²) in [5.74, 6) is 0. The zero-order valence-corrected chi connectivity index (χ0v) is 10.8. The minimum Gasteiger partial charge on any atom is -0.445 e. The SMILES string of the molecule is O=C(N[C@H]1CCNCC[C@@H]1F)OCc1ccccc1. The average Bonchev–Trinajstić information content (AvgIpc) is 2.63. The van der Waals surface area contributed by atoms with Gasteiger partial charge in [-0.05, 0) is 31.5 Å². The Labute approximate surface area is 112 Å². The van der Waals surface area contributed by atoms with Gasteiger partial charge in [-0.2, -0.15) is 0 Å². The minimum absolute atomic E-state index is 0.203. The second-order valence-corrected chi connectivity index (χ2v) is 4.66. The lowest BCUT2D eigenvalue weighted by Gasteiger charge is -2.19. The Kier molecular flexibility index (Phi) is 5.15. The van der Waals surface area contributed by atoms with Gasteiger partial charge in [-0.15, -0.1) is 0 Å². The van der Waals surface area contributed by atoms with E-state index >= 15 is 0 Å². The summed E-state index contributed by atoms with van der Waals surface area (Å²) in [4.78, 5) is 11.6. The summed E-state index contributed by atoms with van der Waals surface area (Å²) in [6, 6.07) is 8.95. The molecule has 2 N–H and O–H groups in total. The van der Waals surface area contributed by atoms with Crippen molar-refractivity contribution in [3.05, 3.63) is 35.9 Å².